The number of ether oxygens (including phenoxy) is 1. The van der Waals surface area contributed by atoms with Gasteiger partial charge in [-0.25, -0.2) is 9.18 Å². The van der Waals surface area contributed by atoms with Crippen LogP contribution in [0.4, 0.5) is 9.18 Å². The molecule has 2 heterocycles. The van der Waals surface area contributed by atoms with E-state index in [1.165, 1.54) is 12.1 Å². The van der Waals surface area contributed by atoms with Crippen LogP contribution < -0.4 is 0 Å². The minimum absolute atomic E-state index is 0.183. The number of hydrogen-bond donors (Lipinski definition) is 1. The summed E-state index contributed by atoms with van der Waals surface area (Å²) in [6.07, 6.45) is 2.67. The highest BCUT2D eigenvalue weighted by atomic mass is 19.1. The van der Waals surface area contributed by atoms with E-state index in [0.717, 1.165) is 25.3 Å². The molecule has 6 heteroatoms. The molecule has 2 aliphatic rings. The van der Waals surface area contributed by atoms with E-state index in [0.29, 0.717) is 0 Å². The van der Waals surface area contributed by atoms with E-state index in [1.807, 2.05) is 26.8 Å². The highest BCUT2D eigenvalue weighted by Crippen LogP contribution is 2.45. The van der Waals surface area contributed by atoms with Gasteiger partial charge in [-0.2, -0.15) is 5.26 Å². The van der Waals surface area contributed by atoms with Gasteiger partial charge in [-0.15, -0.1) is 0 Å². The fourth-order valence-corrected chi connectivity index (χ4v) is 4.22. The number of hydrogen-bond acceptors (Lipinski definition) is 4. The van der Waals surface area contributed by atoms with E-state index in [9.17, 15) is 14.3 Å². The van der Waals surface area contributed by atoms with Crippen LogP contribution in [0.25, 0.3) is 0 Å². The molecule has 2 atom stereocenters. The van der Waals surface area contributed by atoms with Gasteiger partial charge in [0, 0.05) is 30.5 Å². The normalized spacial score (nSPS) is 28.4. The monoisotopic (exact) mass is 360 g/mol. The van der Waals surface area contributed by atoms with Crippen molar-refractivity contribution in [2.24, 2.45) is 0 Å². The second kappa shape index (κ2) is 6.55. The molecule has 3 rings (SSSR count). The number of rotatable bonds is 1. The van der Waals surface area contributed by atoms with Crippen molar-refractivity contribution in [1.29, 1.82) is 5.26 Å². The molecular weight excluding hydrogens is 335 g/mol. The summed E-state index contributed by atoms with van der Waals surface area (Å²) in [5.41, 5.74) is -1.50. The summed E-state index contributed by atoms with van der Waals surface area (Å²) < 4.78 is 20.0. The van der Waals surface area contributed by atoms with Gasteiger partial charge in [-0.3, -0.25) is 0 Å². The summed E-state index contributed by atoms with van der Waals surface area (Å²) in [6.45, 7) is 5.48. The van der Waals surface area contributed by atoms with Crippen molar-refractivity contribution in [2.75, 3.05) is 0 Å². The van der Waals surface area contributed by atoms with Crippen molar-refractivity contribution in [3.05, 3.63) is 35.1 Å². The molecule has 1 aromatic carbocycles. The second-order valence-corrected chi connectivity index (χ2v) is 8.37. The molecule has 1 aromatic rings. The Kier molecular flexibility index (Phi) is 4.70. The van der Waals surface area contributed by atoms with Crippen LogP contribution in [0.2, 0.25) is 0 Å². The zero-order valence-corrected chi connectivity index (χ0v) is 15.5. The van der Waals surface area contributed by atoms with Crippen LogP contribution in [-0.2, 0) is 10.3 Å². The molecule has 0 aliphatic carbocycles. The first-order chi connectivity index (χ1) is 12.1. The molecule has 1 amide bonds. The quantitative estimate of drug-likeness (QED) is 0.826. The Hall–Kier alpha value is -2.13. The third-order valence-electron chi connectivity index (χ3n) is 5.21. The Morgan fingerprint density at radius 2 is 1.96 bits per heavy atom. The average molecular weight is 360 g/mol. The zero-order valence-electron chi connectivity index (χ0n) is 15.5. The number of aliphatic hydroxyl groups is 1. The van der Waals surface area contributed by atoms with E-state index in [-0.39, 0.29) is 42.1 Å². The molecule has 0 spiro atoms. The first-order valence-electron chi connectivity index (χ1n) is 9.07. The molecule has 26 heavy (non-hydrogen) atoms. The fraction of sp³-hybridized carbons (Fsp3) is 0.600. The SMILES string of the molecule is CC(C)(C)OC(=O)N1C2CCCC1CC(O)(c1ccc(C#N)cc1F)C2. The predicted octanol–water partition coefficient (Wildman–Crippen LogP) is 3.84. The zero-order chi connectivity index (χ0) is 19.1. The van der Waals surface area contributed by atoms with Gasteiger partial charge in [0.2, 0.25) is 0 Å². The number of fused-ring (bicyclic) bond motifs is 2. The van der Waals surface area contributed by atoms with Crippen LogP contribution in [0.15, 0.2) is 18.2 Å². The minimum Gasteiger partial charge on any atom is -0.444 e. The largest absolute Gasteiger partial charge is 0.444 e. The Labute approximate surface area is 153 Å². The number of carbonyl (C=O) groups excluding carboxylic acids is 1. The van der Waals surface area contributed by atoms with Gasteiger partial charge in [-0.1, -0.05) is 6.07 Å². The number of amides is 1. The van der Waals surface area contributed by atoms with Gasteiger partial charge in [0.05, 0.1) is 17.2 Å². The highest BCUT2D eigenvalue weighted by Gasteiger charge is 2.49. The summed E-state index contributed by atoms with van der Waals surface area (Å²) in [7, 11) is 0. The van der Waals surface area contributed by atoms with Crippen molar-refractivity contribution >= 4 is 6.09 Å². The van der Waals surface area contributed by atoms with Crippen LogP contribution in [0.3, 0.4) is 0 Å². The topological polar surface area (TPSA) is 73.6 Å². The van der Waals surface area contributed by atoms with E-state index in [2.05, 4.69) is 0 Å². The van der Waals surface area contributed by atoms with Gasteiger partial charge >= 0.3 is 6.09 Å². The first-order valence-corrected chi connectivity index (χ1v) is 9.07. The van der Waals surface area contributed by atoms with Crippen molar-refractivity contribution < 1.29 is 19.0 Å². The lowest BCUT2D eigenvalue weighted by Gasteiger charge is -2.51. The average Bonchev–Trinajstić information content (AvgIpc) is 2.51. The second-order valence-electron chi connectivity index (χ2n) is 8.37. The lowest BCUT2D eigenvalue weighted by molar-refractivity contribution is -0.0978. The molecule has 2 saturated heterocycles. The van der Waals surface area contributed by atoms with Gasteiger partial charge in [0.1, 0.15) is 11.4 Å². The molecule has 2 unspecified atom stereocenters. The van der Waals surface area contributed by atoms with Crippen LogP contribution in [0.5, 0.6) is 0 Å². The molecule has 0 aromatic heterocycles. The Morgan fingerprint density at radius 1 is 1.35 bits per heavy atom. The maximum absolute atomic E-state index is 14.5. The lowest BCUT2D eigenvalue weighted by atomic mass is 9.72. The van der Waals surface area contributed by atoms with E-state index < -0.39 is 17.0 Å². The lowest BCUT2D eigenvalue weighted by Crippen LogP contribution is -2.59. The van der Waals surface area contributed by atoms with Gasteiger partial charge in [0.25, 0.3) is 0 Å². The van der Waals surface area contributed by atoms with E-state index in [4.69, 9.17) is 10.00 Å². The van der Waals surface area contributed by atoms with Crippen molar-refractivity contribution in [1.82, 2.24) is 4.90 Å². The number of nitriles is 1. The maximum Gasteiger partial charge on any atom is 0.410 e. The van der Waals surface area contributed by atoms with Crippen molar-refractivity contribution in [3.8, 4) is 6.07 Å². The number of benzene rings is 1. The molecule has 2 aliphatic heterocycles. The predicted molar refractivity (Wildman–Crippen MR) is 93.7 cm³/mol. The van der Waals surface area contributed by atoms with E-state index >= 15 is 0 Å². The molecule has 2 bridgehead atoms. The first kappa shape index (κ1) is 18.7. The summed E-state index contributed by atoms with van der Waals surface area (Å²) in [4.78, 5) is 14.4. The number of piperidine rings is 2. The summed E-state index contributed by atoms with van der Waals surface area (Å²) in [5.74, 6) is -0.574. The molecule has 1 N–H and O–H groups in total. The Bertz CT molecular complexity index is 736. The van der Waals surface area contributed by atoms with Gasteiger partial charge in [-0.05, 0) is 52.2 Å². The van der Waals surface area contributed by atoms with Crippen LogP contribution in [0.1, 0.15) is 64.0 Å². The summed E-state index contributed by atoms with van der Waals surface area (Å²) in [5, 5.41) is 20.1. The van der Waals surface area contributed by atoms with Crippen molar-refractivity contribution in [2.45, 2.75) is 76.2 Å². The Balaban J connectivity index is 1.87. The molecule has 5 nitrogen and oxygen atoms in total. The molecule has 2 fully saturated rings. The molecule has 140 valence electrons. The number of carbonyl (C=O) groups is 1. The number of nitrogens with zero attached hydrogens (tertiary/aromatic N) is 2. The standard InChI is InChI=1S/C20H25FN2O3/c1-19(2,3)26-18(24)23-14-5-4-6-15(23)11-20(25,10-14)16-8-7-13(12-22)9-17(16)21/h7-9,14-15,25H,4-6,10-11H2,1-3H3. The molecule has 0 radical (unpaired) electrons. The third kappa shape index (κ3) is 3.54. The third-order valence-corrected chi connectivity index (χ3v) is 5.21. The van der Waals surface area contributed by atoms with Crippen LogP contribution in [0, 0.1) is 17.1 Å². The van der Waals surface area contributed by atoms with Crippen LogP contribution >= 0.6 is 0 Å². The van der Waals surface area contributed by atoms with Gasteiger partial charge in [0.15, 0.2) is 0 Å². The molecular formula is C20H25FN2O3. The summed E-state index contributed by atoms with van der Waals surface area (Å²) in [6, 6.07) is 5.71. The smallest absolute Gasteiger partial charge is 0.410 e. The van der Waals surface area contributed by atoms with E-state index in [1.54, 1.807) is 4.90 Å². The number of halogens is 1. The highest BCUT2D eigenvalue weighted by molar-refractivity contribution is 5.69. The minimum atomic E-state index is -1.34. The van der Waals surface area contributed by atoms with Gasteiger partial charge < -0.3 is 14.7 Å². The van der Waals surface area contributed by atoms with Crippen LogP contribution in [-0.4, -0.2) is 33.8 Å². The fourth-order valence-electron chi connectivity index (χ4n) is 4.22. The Morgan fingerprint density at radius 3 is 2.46 bits per heavy atom. The summed E-state index contributed by atoms with van der Waals surface area (Å²) >= 11 is 0. The van der Waals surface area contributed by atoms with Crippen molar-refractivity contribution in [3.63, 3.8) is 0 Å². The maximum atomic E-state index is 14.5. The molecule has 0 saturated carbocycles.